The van der Waals surface area contributed by atoms with E-state index in [0.717, 1.165) is 37.2 Å². The van der Waals surface area contributed by atoms with Gasteiger partial charge in [-0.3, -0.25) is 4.79 Å². The van der Waals surface area contributed by atoms with Crippen LogP contribution >= 0.6 is 0 Å². The van der Waals surface area contributed by atoms with Crippen molar-refractivity contribution in [1.82, 2.24) is 0 Å². The van der Waals surface area contributed by atoms with Crippen LogP contribution in [0.1, 0.15) is 41.3 Å². The van der Waals surface area contributed by atoms with E-state index in [-0.39, 0.29) is 24.0 Å². The molecular weight excluding hydrogens is 323 g/mol. The molecule has 130 valence electrons. The number of ketones is 1. The highest BCUT2D eigenvalue weighted by atomic mass is 19.1. The lowest BCUT2D eigenvalue weighted by Gasteiger charge is -2.23. The predicted octanol–water partition coefficient (Wildman–Crippen LogP) is 4.05. The third kappa shape index (κ3) is 3.72. The fraction of sp³-hybridized carbons (Fsp3) is 0.350. The molecular formula is C20H19FO4. The van der Waals surface area contributed by atoms with E-state index in [0.29, 0.717) is 5.56 Å². The van der Waals surface area contributed by atoms with Gasteiger partial charge in [-0.25, -0.2) is 4.39 Å². The smallest absolute Gasteiger partial charge is 0.199 e. The molecule has 2 fully saturated rings. The second-order valence-corrected chi connectivity index (χ2v) is 6.33. The van der Waals surface area contributed by atoms with Gasteiger partial charge in [-0.2, -0.15) is 0 Å². The van der Waals surface area contributed by atoms with Gasteiger partial charge in [-0.05, 0) is 54.8 Å². The summed E-state index contributed by atoms with van der Waals surface area (Å²) in [4.78, 5) is 12.3. The summed E-state index contributed by atoms with van der Waals surface area (Å²) in [5.74, 6) is 0.265. The summed E-state index contributed by atoms with van der Waals surface area (Å²) in [6, 6.07) is 13.1. The van der Waals surface area contributed by atoms with E-state index >= 15 is 0 Å². The molecule has 0 aromatic heterocycles. The van der Waals surface area contributed by atoms with E-state index in [2.05, 4.69) is 0 Å². The topological polar surface area (TPSA) is 48.1 Å². The first kappa shape index (κ1) is 16.2. The van der Waals surface area contributed by atoms with Crippen molar-refractivity contribution < 1.29 is 23.4 Å². The Morgan fingerprint density at radius 3 is 2.48 bits per heavy atom. The van der Waals surface area contributed by atoms with E-state index in [4.69, 9.17) is 14.2 Å². The minimum absolute atomic E-state index is 0.124. The van der Waals surface area contributed by atoms with Gasteiger partial charge < -0.3 is 14.2 Å². The molecule has 5 heteroatoms. The monoisotopic (exact) mass is 342 g/mol. The molecule has 2 heterocycles. The zero-order chi connectivity index (χ0) is 17.2. The Kier molecular flexibility index (Phi) is 4.51. The molecule has 4 rings (SSSR count). The molecule has 0 bridgehead atoms. The summed E-state index contributed by atoms with van der Waals surface area (Å²) in [7, 11) is 0. The first-order valence-electron chi connectivity index (χ1n) is 8.54. The highest BCUT2D eigenvalue weighted by Crippen LogP contribution is 2.41. The highest BCUT2D eigenvalue weighted by Gasteiger charge is 2.46. The van der Waals surface area contributed by atoms with E-state index in [1.54, 1.807) is 0 Å². The molecule has 0 N–H and O–H groups in total. The van der Waals surface area contributed by atoms with Crippen molar-refractivity contribution in [3.05, 3.63) is 65.5 Å². The van der Waals surface area contributed by atoms with Gasteiger partial charge in [-0.15, -0.1) is 0 Å². The van der Waals surface area contributed by atoms with Gasteiger partial charge in [0.25, 0.3) is 0 Å². The maximum absolute atomic E-state index is 13.0. The average Bonchev–Trinajstić information content (AvgIpc) is 3.44. The van der Waals surface area contributed by atoms with Crippen LogP contribution in [0.15, 0.2) is 48.5 Å². The van der Waals surface area contributed by atoms with Crippen molar-refractivity contribution in [2.45, 2.75) is 37.8 Å². The first-order chi connectivity index (χ1) is 12.2. The molecule has 2 aliphatic heterocycles. The minimum atomic E-state index is -0.501. The molecule has 0 amide bonds. The zero-order valence-electron chi connectivity index (χ0n) is 13.7. The maximum atomic E-state index is 13.0. The van der Waals surface area contributed by atoms with Crippen molar-refractivity contribution >= 4 is 5.78 Å². The van der Waals surface area contributed by atoms with Gasteiger partial charge >= 0.3 is 0 Å². The van der Waals surface area contributed by atoms with Crippen LogP contribution in [-0.2, 0) is 9.47 Å². The number of benzene rings is 2. The number of rotatable bonds is 5. The molecule has 2 aromatic carbocycles. The Bertz CT molecular complexity index is 735. The molecule has 0 aliphatic carbocycles. The van der Waals surface area contributed by atoms with Crippen LogP contribution < -0.4 is 4.74 Å². The Morgan fingerprint density at radius 1 is 1.04 bits per heavy atom. The van der Waals surface area contributed by atoms with Gasteiger partial charge in [0.2, 0.25) is 0 Å². The number of hydrogen-bond acceptors (Lipinski definition) is 4. The minimum Gasteiger partial charge on any atom is -0.465 e. The fourth-order valence-corrected chi connectivity index (χ4v) is 3.04. The van der Waals surface area contributed by atoms with Crippen LogP contribution in [0.4, 0.5) is 4.39 Å². The fourth-order valence-electron chi connectivity index (χ4n) is 3.04. The summed E-state index contributed by atoms with van der Waals surface area (Å²) in [5.41, 5.74) is 1.39. The Labute approximate surface area is 145 Å². The van der Waals surface area contributed by atoms with Gasteiger partial charge in [0.15, 0.2) is 18.2 Å². The van der Waals surface area contributed by atoms with Gasteiger partial charge in [0.1, 0.15) is 17.7 Å². The van der Waals surface area contributed by atoms with Crippen LogP contribution in [0.5, 0.6) is 5.75 Å². The number of Topliss-reactive ketones (excluding diaryl/α,β-unsaturated/α-hetero) is 1. The largest absolute Gasteiger partial charge is 0.465 e. The van der Waals surface area contributed by atoms with E-state index in [1.807, 2.05) is 24.3 Å². The zero-order valence-corrected chi connectivity index (χ0v) is 13.7. The predicted molar refractivity (Wildman–Crippen MR) is 89.0 cm³/mol. The van der Waals surface area contributed by atoms with Gasteiger partial charge in [0.05, 0.1) is 6.61 Å². The van der Waals surface area contributed by atoms with Crippen molar-refractivity contribution in [3.8, 4) is 5.75 Å². The third-order valence-electron chi connectivity index (χ3n) is 4.49. The summed E-state index contributed by atoms with van der Waals surface area (Å²) >= 11 is 0. The first-order valence-corrected chi connectivity index (χ1v) is 8.54. The van der Waals surface area contributed by atoms with Crippen molar-refractivity contribution in [3.63, 3.8) is 0 Å². The second-order valence-electron chi connectivity index (χ2n) is 6.33. The van der Waals surface area contributed by atoms with Crippen molar-refractivity contribution in [1.29, 1.82) is 0 Å². The molecule has 2 saturated heterocycles. The summed E-state index contributed by atoms with van der Waals surface area (Å²) < 4.78 is 29.8. The summed E-state index contributed by atoms with van der Waals surface area (Å²) in [6.45, 7) is 0.742. The molecule has 2 aliphatic rings. The van der Waals surface area contributed by atoms with Crippen molar-refractivity contribution in [2.24, 2.45) is 0 Å². The lowest BCUT2D eigenvalue weighted by atomic mass is 10.0. The van der Waals surface area contributed by atoms with Crippen LogP contribution in [-0.4, -0.2) is 24.8 Å². The molecule has 0 spiro atoms. The number of epoxide rings is 1. The molecule has 0 saturated carbocycles. The Hall–Kier alpha value is -2.24. The van der Waals surface area contributed by atoms with Crippen LogP contribution in [0.2, 0.25) is 0 Å². The standard InChI is InChI=1S/C20H19FO4/c21-15-8-4-13(5-9-15)18(22)20-19(25-20)14-6-10-16(11-7-14)24-17-3-1-2-12-23-17/h4-11,17,19-20H,1-3,12H2. The maximum Gasteiger partial charge on any atom is 0.199 e. The van der Waals surface area contributed by atoms with Gasteiger partial charge in [0, 0.05) is 12.0 Å². The van der Waals surface area contributed by atoms with Crippen LogP contribution in [0.25, 0.3) is 0 Å². The lowest BCUT2D eigenvalue weighted by molar-refractivity contribution is -0.105. The van der Waals surface area contributed by atoms with E-state index in [1.165, 1.54) is 24.3 Å². The quantitative estimate of drug-likeness (QED) is 0.607. The summed E-state index contributed by atoms with van der Waals surface area (Å²) in [6.07, 6.45) is 2.18. The molecule has 2 aromatic rings. The Balaban J connectivity index is 1.36. The normalized spacial score (nSPS) is 25.4. The molecule has 3 unspecified atom stereocenters. The van der Waals surface area contributed by atoms with E-state index in [9.17, 15) is 9.18 Å². The average molecular weight is 342 g/mol. The van der Waals surface area contributed by atoms with Crippen LogP contribution in [0, 0.1) is 5.82 Å². The number of carbonyl (C=O) groups excluding carboxylic acids is 1. The van der Waals surface area contributed by atoms with Crippen LogP contribution in [0.3, 0.4) is 0 Å². The van der Waals surface area contributed by atoms with E-state index < -0.39 is 6.10 Å². The highest BCUT2D eigenvalue weighted by molar-refractivity contribution is 6.01. The number of ether oxygens (including phenoxy) is 3. The number of hydrogen-bond donors (Lipinski definition) is 0. The number of carbonyl (C=O) groups is 1. The lowest BCUT2D eigenvalue weighted by Crippen LogP contribution is -2.24. The molecule has 4 nitrogen and oxygen atoms in total. The molecule has 25 heavy (non-hydrogen) atoms. The SMILES string of the molecule is O=C(c1ccc(F)cc1)C1OC1c1ccc(OC2CCCCO2)cc1. The summed E-state index contributed by atoms with van der Waals surface area (Å²) in [5, 5.41) is 0. The number of halogens is 1. The Morgan fingerprint density at radius 2 is 1.80 bits per heavy atom. The third-order valence-corrected chi connectivity index (χ3v) is 4.49. The molecule has 0 radical (unpaired) electrons. The van der Waals surface area contributed by atoms with Gasteiger partial charge in [-0.1, -0.05) is 12.1 Å². The second kappa shape index (κ2) is 6.94. The van der Waals surface area contributed by atoms with Crippen molar-refractivity contribution in [2.75, 3.05) is 6.61 Å². The molecule has 3 atom stereocenters.